The van der Waals surface area contributed by atoms with E-state index in [4.69, 9.17) is 0 Å². The van der Waals surface area contributed by atoms with Crippen molar-refractivity contribution in [2.75, 3.05) is 18.8 Å². The number of nitrogens with one attached hydrogen (secondary N) is 2. The SMILES string of the molecule is C=CCNC(=O)CSc1nnnn1CCNC(C)C. The van der Waals surface area contributed by atoms with Crippen molar-refractivity contribution in [1.82, 2.24) is 30.8 Å². The molecule has 2 N–H and O–H groups in total. The summed E-state index contributed by atoms with van der Waals surface area (Å²) < 4.78 is 1.70. The van der Waals surface area contributed by atoms with Gasteiger partial charge in [-0.3, -0.25) is 4.79 Å². The number of amides is 1. The zero-order valence-corrected chi connectivity index (χ0v) is 12.1. The van der Waals surface area contributed by atoms with Crippen LogP contribution in [0, 0.1) is 0 Å². The van der Waals surface area contributed by atoms with E-state index in [1.54, 1.807) is 10.8 Å². The van der Waals surface area contributed by atoms with E-state index < -0.39 is 0 Å². The highest BCUT2D eigenvalue weighted by Crippen LogP contribution is 2.12. The number of hydrogen-bond acceptors (Lipinski definition) is 6. The predicted octanol–water partition coefficient (Wildman–Crippen LogP) is 0.0654. The topological polar surface area (TPSA) is 84.7 Å². The third-order valence-electron chi connectivity index (χ3n) is 2.15. The molecule has 0 radical (unpaired) electrons. The minimum Gasteiger partial charge on any atom is -0.352 e. The van der Waals surface area contributed by atoms with Crippen LogP contribution in [0.2, 0.25) is 0 Å². The predicted molar refractivity (Wildman–Crippen MR) is 74.9 cm³/mol. The molecule has 0 aliphatic carbocycles. The van der Waals surface area contributed by atoms with Crippen molar-refractivity contribution in [3.63, 3.8) is 0 Å². The van der Waals surface area contributed by atoms with Gasteiger partial charge in [0, 0.05) is 19.1 Å². The Morgan fingerprint density at radius 1 is 1.58 bits per heavy atom. The molecule has 0 aliphatic heterocycles. The molecule has 1 aromatic rings. The number of carbonyl (C=O) groups excluding carboxylic acids is 1. The summed E-state index contributed by atoms with van der Waals surface area (Å²) in [5, 5.41) is 18.1. The van der Waals surface area contributed by atoms with Gasteiger partial charge in [0.05, 0.1) is 12.3 Å². The van der Waals surface area contributed by atoms with Crippen molar-refractivity contribution in [1.29, 1.82) is 0 Å². The van der Waals surface area contributed by atoms with Gasteiger partial charge < -0.3 is 10.6 Å². The molecule has 0 saturated heterocycles. The van der Waals surface area contributed by atoms with Gasteiger partial charge in [-0.15, -0.1) is 11.7 Å². The number of carbonyl (C=O) groups is 1. The van der Waals surface area contributed by atoms with Gasteiger partial charge in [0.2, 0.25) is 11.1 Å². The van der Waals surface area contributed by atoms with Crippen LogP contribution in [-0.2, 0) is 11.3 Å². The summed E-state index contributed by atoms with van der Waals surface area (Å²) in [5.41, 5.74) is 0. The second-order valence-corrected chi connectivity index (χ2v) is 5.12. The normalized spacial score (nSPS) is 10.7. The number of tetrazole rings is 1. The molecule has 7 nitrogen and oxygen atoms in total. The highest BCUT2D eigenvalue weighted by atomic mass is 32.2. The van der Waals surface area contributed by atoms with Gasteiger partial charge in [0.25, 0.3) is 0 Å². The summed E-state index contributed by atoms with van der Waals surface area (Å²) in [6.45, 7) is 9.65. The fourth-order valence-corrected chi connectivity index (χ4v) is 2.00. The highest BCUT2D eigenvalue weighted by molar-refractivity contribution is 7.99. The van der Waals surface area contributed by atoms with Gasteiger partial charge >= 0.3 is 0 Å². The first-order valence-electron chi connectivity index (χ1n) is 6.13. The Hall–Kier alpha value is -1.41. The van der Waals surface area contributed by atoms with Gasteiger partial charge in [-0.1, -0.05) is 31.7 Å². The van der Waals surface area contributed by atoms with Gasteiger partial charge in [-0.2, -0.15) is 0 Å². The second kappa shape index (κ2) is 8.65. The van der Waals surface area contributed by atoms with E-state index in [1.165, 1.54) is 11.8 Å². The van der Waals surface area contributed by atoms with Crippen LogP contribution >= 0.6 is 11.8 Å². The summed E-state index contributed by atoms with van der Waals surface area (Å²) in [4.78, 5) is 11.4. The maximum absolute atomic E-state index is 11.4. The third kappa shape index (κ3) is 6.35. The maximum Gasteiger partial charge on any atom is 0.230 e. The smallest absolute Gasteiger partial charge is 0.230 e. The molecule has 0 fully saturated rings. The van der Waals surface area contributed by atoms with E-state index in [1.807, 2.05) is 0 Å². The van der Waals surface area contributed by atoms with Crippen LogP contribution in [0.25, 0.3) is 0 Å². The molecule has 0 spiro atoms. The number of aromatic nitrogens is 4. The van der Waals surface area contributed by atoms with E-state index in [0.29, 0.717) is 30.0 Å². The quantitative estimate of drug-likeness (QED) is 0.493. The molecule has 0 bridgehead atoms. The third-order valence-corrected chi connectivity index (χ3v) is 3.11. The molecule has 19 heavy (non-hydrogen) atoms. The Morgan fingerprint density at radius 2 is 2.37 bits per heavy atom. The average molecular weight is 284 g/mol. The Balaban J connectivity index is 2.35. The summed E-state index contributed by atoms with van der Waals surface area (Å²) in [6, 6.07) is 0.428. The summed E-state index contributed by atoms with van der Waals surface area (Å²) >= 11 is 1.32. The fraction of sp³-hybridized carbons (Fsp3) is 0.636. The van der Waals surface area contributed by atoms with Crippen molar-refractivity contribution >= 4 is 17.7 Å². The van der Waals surface area contributed by atoms with Crippen LogP contribution in [0.3, 0.4) is 0 Å². The van der Waals surface area contributed by atoms with Crippen molar-refractivity contribution < 1.29 is 4.79 Å². The first-order chi connectivity index (χ1) is 9.13. The van der Waals surface area contributed by atoms with Crippen molar-refractivity contribution in [3.8, 4) is 0 Å². The molecule has 0 unspecified atom stereocenters. The number of nitrogens with zero attached hydrogens (tertiary/aromatic N) is 4. The average Bonchev–Trinajstić information content (AvgIpc) is 2.81. The number of hydrogen-bond donors (Lipinski definition) is 2. The van der Waals surface area contributed by atoms with E-state index in [-0.39, 0.29) is 5.91 Å². The number of thioether (sulfide) groups is 1. The van der Waals surface area contributed by atoms with Crippen molar-refractivity contribution in [2.45, 2.75) is 31.6 Å². The number of rotatable bonds is 9. The molecule has 1 heterocycles. The Morgan fingerprint density at radius 3 is 3.05 bits per heavy atom. The zero-order valence-electron chi connectivity index (χ0n) is 11.3. The molecule has 0 aliphatic rings. The summed E-state index contributed by atoms with van der Waals surface area (Å²) in [6.07, 6.45) is 1.64. The monoisotopic (exact) mass is 284 g/mol. The molecule has 8 heteroatoms. The van der Waals surface area contributed by atoms with E-state index in [0.717, 1.165) is 6.54 Å². The highest BCUT2D eigenvalue weighted by Gasteiger charge is 2.09. The van der Waals surface area contributed by atoms with E-state index >= 15 is 0 Å². The lowest BCUT2D eigenvalue weighted by Gasteiger charge is -2.08. The van der Waals surface area contributed by atoms with Crippen LogP contribution in [-0.4, -0.2) is 51.0 Å². The molecule has 0 atom stereocenters. The molecular formula is C11H20N6OS. The summed E-state index contributed by atoms with van der Waals surface area (Å²) in [7, 11) is 0. The second-order valence-electron chi connectivity index (χ2n) is 4.17. The standard InChI is InChI=1S/C11H20N6OS/c1-4-5-13-10(18)8-19-11-14-15-16-17(11)7-6-12-9(2)3/h4,9,12H,1,5-8H2,2-3H3,(H,13,18). The molecule has 106 valence electrons. The zero-order chi connectivity index (χ0) is 14.1. The molecule has 0 aromatic carbocycles. The minimum absolute atomic E-state index is 0.0558. The van der Waals surface area contributed by atoms with Crippen LogP contribution in [0.4, 0.5) is 0 Å². The lowest BCUT2D eigenvalue weighted by Crippen LogP contribution is -2.27. The Labute approximate surface area is 117 Å². The minimum atomic E-state index is -0.0558. The van der Waals surface area contributed by atoms with Crippen LogP contribution < -0.4 is 10.6 Å². The molecule has 1 rings (SSSR count). The van der Waals surface area contributed by atoms with Crippen LogP contribution in [0.15, 0.2) is 17.8 Å². The lowest BCUT2D eigenvalue weighted by molar-refractivity contribution is -0.118. The van der Waals surface area contributed by atoms with Gasteiger partial charge in [-0.05, 0) is 10.4 Å². The van der Waals surface area contributed by atoms with Crippen molar-refractivity contribution in [2.24, 2.45) is 0 Å². The molecule has 0 saturated carbocycles. The first-order valence-corrected chi connectivity index (χ1v) is 7.12. The molecular weight excluding hydrogens is 264 g/mol. The molecule has 1 aromatic heterocycles. The maximum atomic E-state index is 11.4. The summed E-state index contributed by atoms with van der Waals surface area (Å²) in [5.74, 6) is 0.242. The fourth-order valence-electron chi connectivity index (χ4n) is 1.27. The van der Waals surface area contributed by atoms with Gasteiger partial charge in [0.15, 0.2) is 0 Å². The first kappa shape index (κ1) is 15.6. The van der Waals surface area contributed by atoms with Crippen LogP contribution in [0.5, 0.6) is 0 Å². The van der Waals surface area contributed by atoms with E-state index in [2.05, 4.69) is 46.6 Å². The van der Waals surface area contributed by atoms with Crippen molar-refractivity contribution in [3.05, 3.63) is 12.7 Å². The van der Waals surface area contributed by atoms with Crippen LogP contribution in [0.1, 0.15) is 13.8 Å². The molecule has 1 amide bonds. The largest absolute Gasteiger partial charge is 0.352 e. The Kier molecular flexibility index (Phi) is 7.12. The Bertz CT molecular complexity index is 406. The van der Waals surface area contributed by atoms with E-state index in [9.17, 15) is 4.79 Å². The lowest BCUT2D eigenvalue weighted by atomic mass is 10.4. The van der Waals surface area contributed by atoms with Gasteiger partial charge in [-0.25, -0.2) is 4.68 Å². The van der Waals surface area contributed by atoms with Gasteiger partial charge in [0.1, 0.15) is 0 Å².